The highest BCUT2D eigenvalue weighted by atomic mass is 32.2. The van der Waals surface area contributed by atoms with Crippen molar-refractivity contribution < 1.29 is 9.53 Å². The maximum atomic E-state index is 11.2. The fourth-order valence-electron chi connectivity index (χ4n) is 1.05. The highest BCUT2D eigenvalue weighted by Crippen LogP contribution is 2.24. The summed E-state index contributed by atoms with van der Waals surface area (Å²) in [5.41, 5.74) is 0. The van der Waals surface area contributed by atoms with Crippen LogP contribution < -0.4 is 0 Å². The zero-order chi connectivity index (χ0) is 8.27. The number of esters is 1. The minimum Gasteiger partial charge on any atom is -0.463 e. The summed E-state index contributed by atoms with van der Waals surface area (Å²) < 4.78 is 5.08. The summed E-state index contributed by atoms with van der Waals surface area (Å²) in [6.07, 6.45) is 1.03. The van der Waals surface area contributed by atoms with Crippen LogP contribution in [0.1, 0.15) is 20.3 Å². The Morgan fingerprint density at radius 3 is 2.82 bits per heavy atom. The topological polar surface area (TPSA) is 26.3 Å². The lowest BCUT2D eigenvalue weighted by atomic mass is 10.1. The van der Waals surface area contributed by atoms with E-state index in [1.165, 1.54) is 0 Å². The summed E-state index contributed by atoms with van der Waals surface area (Å²) in [5, 5.41) is 0. The standard InChI is InChI=1S/C8H14O2S/c1-6(2)10-8(9)7-3-4-11-5-7/h6-7H,3-5H2,1-2H3. The molecule has 0 bridgehead atoms. The van der Waals surface area contributed by atoms with Gasteiger partial charge in [-0.1, -0.05) is 0 Å². The van der Waals surface area contributed by atoms with Crippen LogP contribution in [0.3, 0.4) is 0 Å². The van der Waals surface area contributed by atoms with Gasteiger partial charge in [0.05, 0.1) is 12.0 Å². The second kappa shape index (κ2) is 4.00. The van der Waals surface area contributed by atoms with Gasteiger partial charge in [0.1, 0.15) is 0 Å². The lowest BCUT2D eigenvalue weighted by molar-refractivity contribution is -0.151. The van der Waals surface area contributed by atoms with Gasteiger partial charge < -0.3 is 4.74 Å². The second-order valence-corrected chi connectivity index (χ2v) is 4.20. The molecule has 0 aromatic heterocycles. The predicted molar refractivity (Wildman–Crippen MR) is 46.7 cm³/mol. The van der Waals surface area contributed by atoms with Gasteiger partial charge in [0, 0.05) is 5.75 Å². The Morgan fingerprint density at radius 1 is 1.64 bits per heavy atom. The van der Waals surface area contributed by atoms with E-state index < -0.39 is 0 Å². The van der Waals surface area contributed by atoms with Crippen molar-refractivity contribution in [3.63, 3.8) is 0 Å². The van der Waals surface area contributed by atoms with Crippen molar-refractivity contribution in [3.05, 3.63) is 0 Å². The molecule has 2 nitrogen and oxygen atoms in total. The number of rotatable bonds is 2. The summed E-state index contributed by atoms with van der Waals surface area (Å²) in [4.78, 5) is 11.2. The van der Waals surface area contributed by atoms with E-state index in [1.807, 2.05) is 25.6 Å². The Bertz CT molecular complexity index is 139. The quantitative estimate of drug-likeness (QED) is 0.596. The Balaban J connectivity index is 2.28. The van der Waals surface area contributed by atoms with Crippen LogP contribution in [-0.2, 0) is 9.53 Å². The molecule has 1 atom stereocenters. The van der Waals surface area contributed by atoms with Crippen LogP contribution in [-0.4, -0.2) is 23.6 Å². The van der Waals surface area contributed by atoms with Crippen molar-refractivity contribution in [2.45, 2.75) is 26.4 Å². The van der Waals surface area contributed by atoms with Gasteiger partial charge in [-0.3, -0.25) is 4.79 Å². The Morgan fingerprint density at radius 2 is 2.36 bits per heavy atom. The lowest BCUT2D eigenvalue weighted by Gasteiger charge is -2.11. The third-order valence-electron chi connectivity index (χ3n) is 1.61. The highest BCUT2D eigenvalue weighted by Gasteiger charge is 2.24. The first-order chi connectivity index (χ1) is 5.20. The molecule has 0 amide bonds. The molecule has 1 aliphatic rings. The molecule has 1 aliphatic heterocycles. The van der Waals surface area contributed by atoms with Crippen LogP contribution in [0.25, 0.3) is 0 Å². The van der Waals surface area contributed by atoms with Gasteiger partial charge in [-0.05, 0) is 26.0 Å². The zero-order valence-electron chi connectivity index (χ0n) is 7.00. The largest absolute Gasteiger partial charge is 0.463 e. The lowest BCUT2D eigenvalue weighted by Crippen LogP contribution is -2.20. The molecule has 1 rings (SSSR count). The number of ether oxygens (including phenoxy) is 1. The average Bonchev–Trinajstić information content (AvgIpc) is 2.35. The first kappa shape index (κ1) is 8.91. The monoisotopic (exact) mass is 174 g/mol. The third-order valence-corrected chi connectivity index (χ3v) is 2.78. The van der Waals surface area contributed by atoms with Crippen molar-refractivity contribution in [1.82, 2.24) is 0 Å². The number of carbonyl (C=O) groups excluding carboxylic acids is 1. The molecule has 0 N–H and O–H groups in total. The van der Waals surface area contributed by atoms with Crippen molar-refractivity contribution in [2.75, 3.05) is 11.5 Å². The van der Waals surface area contributed by atoms with Gasteiger partial charge >= 0.3 is 5.97 Å². The summed E-state index contributed by atoms with van der Waals surface area (Å²) in [7, 11) is 0. The van der Waals surface area contributed by atoms with Gasteiger partial charge in [-0.15, -0.1) is 0 Å². The van der Waals surface area contributed by atoms with Gasteiger partial charge in [0.15, 0.2) is 0 Å². The molecule has 3 heteroatoms. The van der Waals surface area contributed by atoms with Gasteiger partial charge in [0.25, 0.3) is 0 Å². The highest BCUT2D eigenvalue weighted by molar-refractivity contribution is 7.99. The molecule has 0 aromatic carbocycles. The zero-order valence-corrected chi connectivity index (χ0v) is 7.82. The molecule has 0 aromatic rings. The summed E-state index contributed by atoms with van der Waals surface area (Å²) in [6.45, 7) is 3.78. The molecular weight excluding hydrogens is 160 g/mol. The van der Waals surface area contributed by atoms with E-state index in [1.54, 1.807) is 0 Å². The molecule has 1 fully saturated rings. The average molecular weight is 174 g/mol. The molecule has 64 valence electrons. The van der Waals surface area contributed by atoms with E-state index in [-0.39, 0.29) is 18.0 Å². The molecule has 0 radical (unpaired) electrons. The van der Waals surface area contributed by atoms with Crippen LogP contribution in [0.2, 0.25) is 0 Å². The van der Waals surface area contributed by atoms with E-state index >= 15 is 0 Å². The fraction of sp³-hybridized carbons (Fsp3) is 0.875. The van der Waals surface area contributed by atoms with Crippen LogP contribution in [0.15, 0.2) is 0 Å². The summed E-state index contributed by atoms with van der Waals surface area (Å²) in [5.74, 6) is 2.22. The predicted octanol–water partition coefficient (Wildman–Crippen LogP) is 1.69. The normalized spacial score (nSPS) is 24.1. The molecule has 1 unspecified atom stereocenters. The van der Waals surface area contributed by atoms with E-state index in [0.717, 1.165) is 17.9 Å². The second-order valence-electron chi connectivity index (χ2n) is 3.05. The fourth-order valence-corrected chi connectivity index (χ4v) is 2.25. The molecular formula is C8H14O2S. The molecule has 0 spiro atoms. The third kappa shape index (κ3) is 2.73. The van der Waals surface area contributed by atoms with Gasteiger partial charge in [-0.25, -0.2) is 0 Å². The number of carbonyl (C=O) groups is 1. The van der Waals surface area contributed by atoms with E-state index in [0.29, 0.717) is 0 Å². The van der Waals surface area contributed by atoms with Crippen LogP contribution in [0.5, 0.6) is 0 Å². The van der Waals surface area contributed by atoms with E-state index in [9.17, 15) is 4.79 Å². The van der Waals surface area contributed by atoms with Crippen LogP contribution >= 0.6 is 11.8 Å². The maximum Gasteiger partial charge on any atom is 0.310 e. The molecule has 1 heterocycles. The number of hydrogen-bond donors (Lipinski definition) is 0. The first-order valence-electron chi connectivity index (χ1n) is 3.98. The summed E-state index contributed by atoms with van der Waals surface area (Å²) >= 11 is 1.84. The number of thioether (sulfide) groups is 1. The molecule has 1 saturated heterocycles. The van der Waals surface area contributed by atoms with Crippen molar-refractivity contribution in [3.8, 4) is 0 Å². The molecule has 0 aliphatic carbocycles. The van der Waals surface area contributed by atoms with E-state index in [2.05, 4.69) is 0 Å². The van der Waals surface area contributed by atoms with Gasteiger partial charge in [0.2, 0.25) is 0 Å². The number of hydrogen-bond acceptors (Lipinski definition) is 3. The maximum absolute atomic E-state index is 11.2. The SMILES string of the molecule is CC(C)OC(=O)C1CCSC1. The summed E-state index contributed by atoms with van der Waals surface area (Å²) in [6, 6.07) is 0. The van der Waals surface area contributed by atoms with Crippen LogP contribution in [0.4, 0.5) is 0 Å². The Kier molecular flexibility index (Phi) is 3.24. The Hall–Kier alpha value is -0.180. The van der Waals surface area contributed by atoms with Crippen LogP contribution in [0, 0.1) is 5.92 Å². The smallest absolute Gasteiger partial charge is 0.310 e. The Labute approximate surface area is 71.7 Å². The molecule has 11 heavy (non-hydrogen) atoms. The van der Waals surface area contributed by atoms with Crippen molar-refractivity contribution in [2.24, 2.45) is 5.92 Å². The van der Waals surface area contributed by atoms with Gasteiger partial charge in [-0.2, -0.15) is 11.8 Å². The molecule has 0 saturated carbocycles. The minimum atomic E-state index is -0.00926. The van der Waals surface area contributed by atoms with E-state index in [4.69, 9.17) is 4.74 Å². The minimum absolute atomic E-state index is 0.00926. The van der Waals surface area contributed by atoms with Crippen molar-refractivity contribution in [1.29, 1.82) is 0 Å². The van der Waals surface area contributed by atoms with Crippen molar-refractivity contribution >= 4 is 17.7 Å². The first-order valence-corrected chi connectivity index (χ1v) is 5.14.